The molecule has 0 saturated carbocycles. The van der Waals surface area contributed by atoms with Crippen LogP contribution < -0.4 is 16.4 Å². The summed E-state index contributed by atoms with van der Waals surface area (Å²) in [5.74, 6) is -2.04. The van der Waals surface area contributed by atoms with E-state index >= 15 is 0 Å². The molecule has 2 amide bonds. The molecule has 2 aromatic carbocycles. The molecule has 0 aliphatic carbocycles. The highest BCUT2D eigenvalue weighted by molar-refractivity contribution is 6.03. The van der Waals surface area contributed by atoms with Gasteiger partial charge in [0.25, 0.3) is 11.8 Å². The maximum atomic E-state index is 12.2. The Balaban J connectivity index is 1.59. The molecule has 3 N–H and O–H groups in total. The monoisotopic (exact) mass is 365 g/mol. The highest BCUT2D eigenvalue weighted by Gasteiger charge is 2.15. The van der Waals surface area contributed by atoms with Crippen molar-refractivity contribution in [3.05, 3.63) is 82.1 Å². The maximum absolute atomic E-state index is 12.2. The van der Waals surface area contributed by atoms with E-state index in [1.54, 1.807) is 54.6 Å². The molecule has 0 unspecified atom stereocenters. The standard InChI is InChI=1S/C19H15N3O5/c23-16-10-14(13-8-4-5-9-15(13)20-16)19(26)27-11-17(24)21-22-18(25)12-6-2-1-3-7-12/h1-10H,11H2,(H,20,23)(H,21,24)(H,22,25). The summed E-state index contributed by atoms with van der Waals surface area (Å²) in [6, 6.07) is 16.1. The highest BCUT2D eigenvalue weighted by Crippen LogP contribution is 2.15. The molecule has 0 radical (unpaired) electrons. The second-order valence-electron chi connectivity index (χ2n) is 5.54. The van der Waals surface area contributed by atoms with Gasteiger partial charge in [-0.1, -0.05) is 36.4 Å². The van der Waals surface area contributed by atoms with Gasteiger partial charge in [0.05, 0.1) is 5.56 Å². The van der Waals surface area contributed by atoms with Gasteiger partial charge >= 0.3 is 5.97 Å². The summed E-state index contributed by atoms with van der Waals surface area (Å²) in [5, 5.41) is 0.500. The Bertz CT molecular complexity index is 1060. The average Bonchev–Trinajstić information content (AvgIpc) is 2.70. The van der Waals surface area contributed by atoms with Gasteiger partial charge in [-0.25, -0.2) is 4.79 Å². The highest BCUT2D eigenvalue weighted by atomic mass is 16.5. The van der Waals surface area contributed by atoms with Gasteiger partial charge in [-0.3, -0.25) is 25.2 Å². The molecule has 8 heteroatoms. The van der Waals surface area contributed by atoms with Gasteiger partial charge in [-0.2, -0.15) is 0 Å². The molecular weight excluding hydrogens is 350 g/mol. The lowest BCUT2D eigenvalue weighted by Crippen LogP contribution is -2.43. The number of pyridine rings is 1. The second kappa shape index (κ2) is 7.96. The predicted molar refractivity (Wildman–Crippen MR) is 96.9 cm³/mol. The van der Waals surface area contributed by atoms with Crippen LogP contribution in [0.25, 0.3) is 10.9 Å². The van der Waals surface area contributed by atoms with Crippen LogP contribution >= 0.6 is 0 Å². The number of esters is 1. The number of H-pyrrole nitrogens is 1. The summed E-state index contributed by atoms with van der Waals surface area (Å²) in [6.07, 6.45) is 0. The topological polar surface area (TPSA) is 117 Å². The minimum Gasteiger partial charge on any atom is -0.452 e. The molecule has 3 rings (SSSR count). The van der Waals surface area contributed by atoms with Crippen molar-refractivity contribution in [2.75, 3.05) is 6.61 Å². The quantitative estimate of drug-likeness (QED) is 0.473. The van der Waals surface area contributed by atoms with Crippen LogP contribution in [0.15, 0.2) is 65.5 Å². The van der Waals surface area contributed by atoms with Crippen molar-refractivity contribution in [2.24, 2.45) is 0 Å². The number of ether oxygens (including phenoxy) is 1. The molecule has 136 valence electrons. The Morgan fingerprint density at radius 2 is 1.63 bits per heavy atom. The van der Waals surface area contributed by atoms with Crippen LogP contribution in [0, 0.1) is 0 Å². The van der Waals surface area contributed by atoms with E-state index in [1.807, 2.05) is 0 Å². The van der Waals surface area contributed by atoms with E-state index in [1.165, 1.54) is 0 Å². The molecule has 27 heavy (non-hydrogen) atoms. The number of hydrogen-bond donors (Lipinski definition) is 3. The number of carbonyl (C=O) groups excluding carboxylic acids is 3. The van der Waals surface area contributed by atoms with E-state index in [0.717, 1.165) is 6.07 Å². The summed E-state index contributed by atoms with van der Waals surface area (Å²) in [4.78, 5) is 50.1. The van der Waals surface area contributed by atoms with Crippen molar-refractivity contribution in [1.29, 1.82) is 0 Å². The van der Waals surface area contributed by atoms with Gasteiger partial charge in [-0.15, -0.1) is 0 Å². The molecule has 0 saturated heterocycles. The fraction of sp³-hybridized carbons (Fsp3) is 0.0526. The normalized spacial score (nSPS) is 10.2. The zero-order chi connectivity index (χ0) is 19.2. The van der Waals surface area contributed by atoms with E-state index in [0.29, 0.717) is 16.5 Å². The molecule has 0 spiro atoms. The van der Waals surface area contributed by atoms with Crippen molar-refractivity contribution in [3.63, 3.8) is 0 Å². The van der Waals surface area contributed by atoms with Gasteiger partial charge in [0.1, 0.15) is 0 Å². The Labute approximate surface area is 153 Å². The molecule has 3 aromatic rings. The molecule has 0 aliphatic rings. The van der Waals surface area contributed by atoms with Crippen LogP contribution in [0.1, 0.15) is 20.7 Å². The van der Waals surface area contributed by atoms with Crippen molar-refractivity contribution in [1.82, 2.24) is 15.8 Å². The fourth-order valence-corrected chi connectivity index (χ4v) is 2.41. The molecule has 8 nitrogen and oxygen atoms in total. The van der Waals surface area contributed by atoms with Gasteiger partial charge in [-0.05, 0) is 18.2 Å². The smallest absolute Gasteiger partial charge is 0.339 e. The van der Waals surface area contributed by atoms with Crippen molar-refractivity contribution in [3.8, 4) is 0 Å². The van der Waals surface area contributed by atoms with Gasteiger partial charge in [0.15, 0.2) is 6.61 Å². The Hall–Kier alpha value is -3.94. The number of rotatable bonds is 4. The van der Waals surface area contributed by atoms with Crippen LogP contribution in [-0.2, 0) is 9.53 Å². The summed E-state index contributed by atoms with van der Waals surface area (Å²) in [5.41, 5.74) is 4.81. The summed E-state index contributed by atoms with van der Waals surface area (Å²) >= 11 is 0. The van der Waals surface area contributed by atoms with E-state index < -0.39 is 29.9 Å². The van der Waals surface area contributed by atoms with Gasteiger partial charge in [0, 0.05) is 22.5 Å². The zero-order valence-electron chi connectivity index (χ0n) is 14.0. The number of amides is 2. The lowest BCUT2D eigenvalue weighted by Gasteiger charge is -2.09. The minimum absolute atomic E-state index is 0.0514. The lowest BCUT2D eigenvalue weighted by atomic mass is 10.1. The molecule has 0 fully saturated rings. The molecule has 0 bridgehead atoms. The number of carbonyl (C=O) groups is 3. The first-order chi connectivity index (χ1) is 13.0. The number of aromatic nitrogens is 1. The SMILES string of the molecule is O=C(COC(=O)c1cc(=O)[nH]c2ccccc12)NNC(=O)c1ccccc1. The molecule has 1 heterocycles. The molecule has 0 atom stereocenters. The first kappa shape index (κ1) is 17.9. The van der Waals surface area contributed by atoms with Crippen molar-refractivity contribution in [2.45, 2.75) is 0 Å². The largest absolute Gasteiger partial charge is 0.452 e. The zero-order valence-corrected chi connectivity index (χ0v) is 14.0. The third kappa shape index (κ3) is 4.37. The fourth-order valence-electron chi connectivity index (χ4n) is 2.41. The van der Waals surface area contributed by atoms with E-state index in [-0.39, 0.29) is 5.56 Å². The van der Waals surface area contributed by atoms with E-state index in [4.69, 9.17) is 4.74 Å². The average molecular weight is 365 g/mol. The third-order valence-electron chi connectivity index (χ3n) is 3.66. The lowest BCUT2D eigenvalue weighted by molar-refractivity contribution is -0.125. The second-order valence-corrected chi connectivity index (χ2v) is 5.54. The van der Waals surface area contributed by atoms with Crippen LogP contribution in [0.3, 0.4) is 0 Å². The Morgan fingerprint density at radius 3 is 2.41 bits per heavy atom. The van der Waals surface area contributed by atoms with Gasteiger partial charge < -0.3 is 9.72 Å². The summed E-state index contributed by atoms with van der Waals surface area (Å²) in [7, 11) is 0. The van der Waals surface area contributed by atoms with Gasteiger partial charge in [0.2, 0.25) is 5.56 Å². The van der Waals surface area contributed by atoms with Crippen molar-refractivity contribution >= 4 is 28.7 Å². The van der Waals surface area contributed by atoms with E-state index in [2.05, 4.69) is 15.8 Å². The number of fused-ring (bicyclic) bond motifs is 1. The summed E-state index contributed by atoms with van der Waals surface area (Å²) < 4.78 is 4.94. The van der Waals surface area contributed by atoms with Crippen LogP contribution in [0.2, 0.25) is 0 Å². The Morgan fingerprint density at radius 1 is 0.926 bits per heavy atom. The molecular formula is C19H15N3O5. The number of para-hydroxylation sites is 1. The number of benzene rings is 2. The van der Waals surface area contributed by atoms with Crippen LogP contribution in [-0.4, -0.2) is 29.4 Å². The van der Waals surface area contributed by atoms with E-state index in [9.17, 15) is 19.2 Å². The summed E-state index contributed by atoms with van der Waals surface area (Å²) in [6.45, 7) is -0.616. The number of aromatic amines is 1. The first-order valence-corrected chi connectivity index (χ1v) is 7.98. The number of nitrogens with one attached hydrogen (secondary N) is 3. The molecule has 1 aromatic heterocycles. The van der Waals surface area contributed by atoms with Crippen LogP contribution in [0.5, 0.6) is 0 Å². The third-order valence-corrected chi connectivity index (χ3v) is 3.66. The maximum Gasteiger partial charge on any atom is 0.339 e. The number of hydrazine groups is 1. The van der Waals surface area contributed by atoms with Crippen molar-refractivity contribution < 1.29 is 19.1 Å². The Kier molecular flexibility index (Phi) is 5.27. The molecule has 0 aliphatic heterocycles. The predicted octanol–water partition coefficient (Wildman–Crippen LogP) is 1.15. The first-order valence-electron chi connectivity index (χ1n) is 7.98. The minimum atomic E-state index is -0.818. The van der Waals surface area contributed by atoms with Crippen LogP contribution in [0.4, 0.5) is 0 Å². The number of hydrogen-bond acceptors (Lipinski definition) is 5.